The van der Waals surface area contributed by atoms with Gasteiger partial charge in [-0.2, -0.15) is 5.26 Å². The molecule has 0 saturated heterocycles. The van der Waals surface area contributed by atoms with Gasteiger partial charge in [-0.15, -0.1) is 0 Å². The normalized spacial score (nSPS) is 14.7. The molecule has 7 aromatic carbocycles. The van der Waals surface area contributed by atoms with Crippen LogP contribution in [0.25, 0.3) is 55.0 Å². The first-order valence-electron chi connectivity index (χ1n) is 17.3. The molecule has 3 heteroatoms. The largest absolute Gasteiger partial charge is 0.454 e. The van der Waals surface area contributed by atoms with Crippen LogP contribution < -0.4 is 4.90 Å². The number of hydrogen-bond donors (Lipinski definition) is 0. The van der Waals surface area contributed by atoms with Gasteiger partial charge in [0, 0.05) is 33.0 Å². The summed E-state index contributed by atoms with van der Waals surface area (Å²) in [5, 5.41) is 14.4. The van der Waals surface area contributed by atoms with E-state index in [4.69, 9.17) is 4.42 Å². The SMILES string of the molecule is CC1(C)c2cc(N(c3ccc(C#N)cc3)c3cccc4c3oc3ccccc34)ccc2-c2cc3c(cc21)-c1c(ccc2ccccc12)C3(C)C. The number of benzene rings is 7. The molecule has 2 aliphatic rings. The van der Waals surface area contributed by atoms with Crippen molar-refractivity contribution in [3.05, 3.63) is 161 Å². The topological polar surface area (TPSA) is 40.2 Å². The summed E-state index contributed by atoms with van der Waals surface area (Å²) in [6.07, 6.45) is 0. The number of hydrogen-bond acceptors (Lipinski definition) is 3. The Morgan fingerprint density at radius 3 is 2.02 bits per heavy atom. The van der Waals surface area contributed by atoms with Crippen LogP contribution in [0.4, 0.5) is 17.1 Å². The van der Waals surface area contributed by atoms with E-state index in [1.807, 2.05) is 36.4 Å². The quantitative estimate of drug-likeness (QED) is 0.193. The fourth-order valence-corrected chi connectivity index (χ4v) is 8.88. The van der Waals surface area contributed by atoms with Crippen LogP contribution in [0.5, 0.6) is 0 Å². The first-order chi connectivity index (χ1) is 24.3. The Morgan fingerprint density at radius 2 is 1.20 bits per heavy atom. The first kappa shape index (κ1) is 28.9. The number of rotatable bonds is 3. The number of anilines is 3. The van der Waals surface area contributed by atoms with Gasteiger partial charge >= 0.3 is 0 Å². The Balaban J connectivity index is 1.17. The van der Waals surface area contributed by atoms with Crippen molar-refractivity contribution in [2.45, 2.75) is 38.5 Å². The molecule has 0 spiro atoms. The number of nitriles is 1. The Morgan fingerprint density at radius 1 is 0.540 bits per heavy atom. The predicted octanol–water partition coefficient (Wildman–Crippen LogP) is 12.7. The zero-order valence-electron chi connectivity index (χ0n) is 28.5. The van der Waals surface area contributed by atoms with Crippen molar-refractivity contribution in [3.8, 4) is 28.3 Å². The average molecular weight is 643 g/mol. The van der Waals surface area contributed by atoms with E-state index >= 15 is 0 Å². The van der Waals surface area contributed by atoms with Crippen molar-refractivity contribution in [1.29, 1.82) is 5.26 Å². The molecule has 1 heterocycles. The highest BCUT2D eigenvalue weighted by Crippen LogP contribution is 2.58. The Hall–Kier alpha value is -6.11. The number of furan rings is 1. The highest BCUT2D eigenvalue weighted by molar-refractivity contribution is 6.10. The van der Waals surface area contributed by atoms with Crippen LogP contribution in [0.15, 0.2) is 138 Å². The summed E-state index contributed by atoms with van der Waals surface area (Å²) >= 11 is 0. The van der Waals surface area contributed by atoms with E-state index < -0.39 is 0 Å². The molecule has 0 fully saturated rings. The van der Waals surface area contributed by atoms with Gasteiger partial charge in [-0.1, -0.05) is 100 Å². The summed E-state index contributed by atoms with van der Waals surface area (Å²) in [7, 11) is 0. The second kappa shape index (κ2) is 9.97. The maximum atomic E-state index is 9.59. The molecule has 3 nitrogen and oxygen atoms in total. The lowest BCUT2D eigenvalue weighted by Gasteiger charge is -2.28. The molecule has 0 amide bonds. The smallest absolute Gasteiger partial charge is 0.159 e. The van der Waals surface area contributed by atoms with Crippen molar-refractivity contribution < 1.29 is 4.42 Å². The van der Waals surface area contributed by atoms with Crippen LogP contribution in [-0.2, 0) is 10.8 Å². The van der Waals surface area contributed by atoms with Gasteiger partial charge < -0.3 is 9.32 Å². The minimum absolute atomic E-state index is 0.103. The van der Waals surface area contributed by atoms with Crippen LogP contribution in [0, 0.1) is 11.3 Å². The lowest BCUT2D eigenvalue weighted by molar-refractivity contribution is 0.652. The summed E-state index contributed by atoms with van der Waals surface area (Å²) in [4.78, 5) is 2.27. The zero-order valence-corrected chi connectivity index (χ0v) is 28.5. The molecular weight excluding hydrogens is 609 g/mol. The molecule has 0 aliphatic heterocycles. The fraction of sp³-hybridized carbons (Fsp3) is 0.128. The maximum absolute atomic E-state index is 9.59. The average Bonchev–Trinajstić information content (AvgIpc) is 3.71. The van der Waals surface area contributed by atoms with Crippen molar-refractivity contribution in [2.24, 2.45) is 0 Å². The molecule has 0 N–H and O–H groups in total. The Bertz CT molecular complexity index is 2770. The van der Waals surface area contributed by atoms with E-state index in [0.29, 0.717) is 5.56 Å². The lowest BCUT2D eigenvalue weighted by Crippen LogP contribution is -2.17. The van der Waals surface area contributed by atoms with E-state index in [1.165, 1.54) is 55.3 Å². The van der Waals surface area contributed by atoms with E-state index in [0.717, 1.165) is 39.0 Å². The molecule has 8 aromatic rings. The molecule has 0 bridgehead atoms. The second-order valence-electron chi connectivity index (χ2n) is 14.9. The van der Waals surface area contributed by atoms with Gasteiger partial charge in [0.15, 0.2) is 5.58 Å². The predicted molar refractivity (Wildman–Crippen MR) is 206 cm³/mol. The molecule has 1 aromatic heterocycles. The van der Waals surface area contributed by atoms with Crippen LogP contribution >= 0.6 is 0 Å². The summed E-state index contributed by atoms with van der Waals surface area (Å²) in [5.74, 6) is 0. The molecule has 0 radical (unpaired) electrons. The molecule has 2 aliphatic carbocycles. The highest BCUT2D eigenvalue weighted by atomic mass is 16.3. The van der Waals surface area contributed by atoms with Gasteiger partial charge in [0.2, 0.25) is 0 Å². The van der Waals surface area contributed by atoms with E-state index in [-0.39, 0.29) is 10.8 Å². The number of fused-ring (bicyclic) bond motifs is 11. The van der Waals surface area contributed by atoms with Crippen molar-refractivity contribution in [2.75, 3.05) is 4.90 Å². The Kier molecular flexibility index (Phi) is 5.75. The van der Waals surface area contributed by atoms with Crippen LogP contribution in [-0.4, -0.2) is 0 Å². The van der Waals surface area contributed by atoms with Crippen LogP contribution in [0.2, 0.25) is 0 Å². The summed E-state index contributed by atoms with van der Waals surface area (Å²) in [6, 6.07) is 50.0. The summed E-state index contributed by atoms with van der Waals surface area (Å²) in [6.45, 7) is 9.47. The van der Waals surface area contributed by atoms with Gasteiger partial charge in [-0.05, 0) is 116 Å². The van der Waals surface area contributed by atoms with Gasteiger partial charge in [0.05, 0.1) is 17.3 Å². The third-order valence-electron chi connectivity index (χ3n) is 11.5. The van der Waals surface area contributed by atoms with Gasteiger partial charge in [-0.3, -0.25) is 0 Å². The zero-order chi connectivity index (χ0) is 33.9. The van der Waals surface area contributed by atoms with Crippen molar-refractivity contribution in [3.63, 3.8) is 0 Å². The minimum Gasteiger partial charge on any atom is -0.454 e. The Labute approximate surface area is 291 Å². The summed E-state index contributed by atoms with van der Waals surface area (Å²) in [5.41, 5.74) is 15.8. The van der Waals surface area contributed by atoms with E-state index in [1.54, 1.807) is 0 Å². The van der Waals surface area contributed by atoms with E-state index in [2.05, 4.69) is 136 Å². The molecule has 0 unspecified atom stereocenters. The maximum Gasteiger partial charge on any atom is 0.159 e. The third kappa shape index (κ3) is 3.79. The lowest BCUT2D eigenvalue weighted by atomic mass is 9.79. The van der Waals surface area contributed by atoms with Crippen LogP contribution in [0.1, 0.15) is 55.5 Å². The molecule has 238 valence electrons. The van der Waals surface area contributed by atoms with Gasteiger partial charge in [0.25, 0.3) is 0 Å². The first-order valence-corrected chi connectivity index (χ1v) is 17.3. The van der Waals surface area contributed by atoms with E-state index in [9.17, 15) is 5.26 Å². The number of nitrogens with zero attached hydrogens (tertiary/aromatic N) is 2. The highest BCUT2D eigenvalue weighted by Gasteiger charge is 2.42. The van der Waals surface area contributed by atoms with Crippen LogP contribution in [0.3, 0.4) is 0 Å². The molecule has 10 rings (SSSR count). The number of para-hydroxylation sites is 2. The third-order valence-corrected chi connectivity index (χ3v) is 11.5. The van der Waals surface area contributed by atoms with Gasteiger partial charge in [0.1, 0.15) is 5.58 Å². The van der Waals surface area contributed by atoms with Gasteiger partial charge in [-0.25, -0.2) is 0 Å². The monoisotopic (exact) mass is 642 g/mol. The van der Waals surface area contributed by atoms with Crippen molar-refractivity contribution >= 4 is 49.8 Å². The molecule has 50 heavy (non-hydrogen) atoms. The second-order valence-corrected chi connectivity index (χ2v) is 14.9. The molecule has 0 saturated carbocycles. The standard InChI is InChI=1S/C47H34N2O/c1-46(2)38-23-18-29-10-5-6-11-32(29)44(38)37-26-40-36(25-41(37)46)33-22-21-31(24-39(33)47(40,3)4)49(30-19-16-28(27-48)17-20-30)42-14-9-13-35-34-12-7-8-15-43(34)50-45(35)42/h5-26H,1-4H3. The van der Waals surface area contributed by atoms with Crippen molar-refractivity contribution in [1.82, 2.24) is 0 Å². The minimum atomic E-state index is -0.227. The molecular formula is C47H34N2O. The molecule has 0 atom stereocenters. The fourth-order valence-electron chi connectivity index (χ4n) is 8.88. The summed E-state index contributed by atoms with van der Waals surface area (Å²) < 4.78 is 6.57.